The van der Waals surface area contributed by atoms with E-state index in [4.69, 9.17) is 0 Å². The first-order valence-corrected chi connectivity index (χ1v) is 7.48. The molecule has 0 aliphatic carbocycles. The summed E-state index contributed by atoms with van der Waals surface area (Å²) in [5.74, 6) is 1.22. The lowest BCUT2D eigenvalue weighted by atomic mass is 9.98. The summed E-state index contributed by atoms with van der Waals surface area (Å²) in [5, 5.41) is 3.39. The summed E-state index contributed by atoms with van der Waals surface area (Å²) >= 11 is 0. The van der Waals surface area contributed by atoms with Crippen molar-refractivity contribution in [1.82, 2.24) is 9.88 Å². The molecule has 0 spiro atoms. The van der Waals surface area contributed by atoms with Crippen LogP contribution < -0.4 is 5.32 Å². The molecule has 0 aliphatic heterocycles. The van der Waals surface area contributed by atoms with Crippen LogP contribution in [0.2, 0.25) is 0 Å². The van der Waals surface area contributed by atoms with Crippen LogP contribution in [0.25, 0.3) is 0 Å². The number of carbonyl (C=O) groups excluding carboxylic acids is 1. The maximum absolute atomic E-state index is 12.2. The van der Waals surface area contributed by atoms with Crippen LogP contribution in [-0.4, -0.2) is 35.4 Å². The largest absolute Gasteiger partial charge is 0.385 e. The third-order valence-corrected chi connectivity index (χ3v) is 3.80. The lowest BCUT2D eigenvalue weighted by Gasteiger charge is -2.19. The lowest BCUT2D eigenvalue weighted by Crippen LogP contribution is -2.31. The van der Waals surface area contributed by atoms with E-state index in [1.165, 1.54) is 0 Å². The second kappa shape index (κ2) is 7.88. The fourth-order valence-corrected chi connectivity index (χ4v) is 1.84. The number of hydrogen-bond donors (Lipinski definition) is 1. The van der Waals surface area contributed by atoms with Gasteiger partial charge in [-0.1, -0.05) is 20.8 Å². The minimum atomic E-state index is -0.00411. The Bertz CT molecular complexity index is 427. The van der Waals surface area contributed by atoms with Crippen LogP contribution in [0.3, 0.4) is 0 Å². The number of nitrogens with zero attached hydrogens (tertiary/aromatic N) is 2. The highest BCUT2D eigenvalue weighted by Gasteiger charge is 2.14. The Morgan fingerprint density at radius 3 is 2.50 bits per heavy atom. The van der Waals surface area contributed by atoms with E-state index in [1.54, 1.807) is 11.1 Å². The number of nitrogens with one attached hydrogen (secondary N) is 1. The summed E-state index contributed by atoms with van der Waals surface area (Å²) in [6.07, 6.45) is 1.69. The second-order valence-electron chi connectivity index (χ2n) is 5.51. The molecule has 1 aromatic heterocycles. The van der Waals surface area contributed by atoms with E-state index in [0.29, 0.717) is 30.6 Å². The fraction of sp³-hybridized carbons (Fsp3) is 0.625. The fourth-order valence-electron chi connectivity index (χ4n) is 1.84. The molecule has 1 N–H and O–H groups in total. The smallest absolute Gasteiger partial charge is 0.272 e. The van der Waals surface area contributed by atoms with Gasteiger partial charge in [0.25, 0.3) is 5.91 Å². The zero-order valence-electron chi connectivity index (χ0n) is 13.3. The first-order chi connectivity index (χ1) is 9.49. The van der Waals surface area contributed by atoms with Crippen molar-refractivity contribution in [2.24, 2.45) is 11.8 Å². The standard InChI is InChI=1S/C16H27N3O/c1-6-19(7-2)16(20)15-10-14(8-9-17-15)18-11-13(5)12(3)4/h8-10,12-13H,6-7,11H2,1-5H3,(H,17,18). The maximum Gasteiger partial charge on any atom is 0.272 e. The van der Waals surface area contributed by atoms with Crippen LogP contribution in [0, 0.1) is 11.8 Å². The Kier molecular flexibility index (Phi) is 6.49. The van der Waals surface area contributed by atoms with Crippen LogP contribution in [0.5, 0.6) is 0 Å². The van der Waals surface area contributed by atoms with Crippen molar-refractivity contribution in [2.45, 2.75) is 34.6 Å². The molecule has 1 atom stereocenters. The van der Waals surface area contributed by atoms with Crippen molar-refractivity contribution in [1.29, 1.82) is 0 Å². The van der Waals surface area contributed by atoms with Gasteiger partial charge in [-0.2, -0.15) is 0 Å². The van der Waals surface area contributed by atoms with Gasteiger partial charge in [0.15, 0.2) is 0 Å². The van der Waals surface area contributed by atoms with Crippen molar-refractivity contribution >= 4 is 11.6 Å². The number of amides is 1. The Labute approximate surface area is 122 Å². The molecule has 0 bridgehead atoms. The van der Waals surface area contributed by atoms with Gasteiger partial charge in [-0.05, 0) is 37.8 Å². The number of hydrogen-bond acceptors (Lipinski definition) is 3. The van der Waals surface area contributed by atoms with E-state index in [2.05, 4.69) is 31.1 Å². The SMILES string of the molecule is CCN(CC)C(=O)c1cc(NCC(C)C(C)C)ccn1. The molecular weight excluding hydrogens is 250 g/mol. The quantitative estimate of drug-likeness (QED) is 0.832. The Morgan fingerprint density at radius 2 is 1.95 bits per heavy atom. The zero-order valence-corrected chi connectivity index (χ0v) is 13.3. The number of anilines is 1. The van der Waals surface area contributed by atoms with Crippen molar-refractivity contribution in [3.8, 4) is 0 Å². The highest BCUT2D eigenvalue weighted by Crippen LogP contribution is 2.14. The highest BCUT2D eigenvalue weighted by atomic mass is 16.2. The van der Waals surface area contributed by atoms with Gasteiger partial charge in [0.1, 0.15) is 5.69 Å². The lowest BCUT2D eigenvalue weighted by molar-refractivity contribution is 0.0767. The Balaban J connectivity index is 2.73. The summed E-state index contributed by atoms with van der Waals surface area (Å²) in [5.41, 5.74) is 1.47. The monoisotopic (exact) mass is 277 g/mol. The molecule has 0 saturated heterocycles. The topological polar surface area (TPSA) is 45.2 Å². The maximum atomic E-state index is 12.2. The highest BCUT2D eigenvalue weighted by molar-refractivity contribution is 5.93. The first-order valence-electron chi connectivity index (χ1n) is 7.48. The minimum Gasteiger partial charge on any atom is -0.385 e. The summed E-state index contributed by atoms with van der Waals surface area (Å²) in [7, 11) is 0. The van der Waals surface area contributed by atoms with E-state index in [-0.39, 0.29) is 5.91 Å². The molecule has 112 valence electrons. The van der Waals surface area contributed by atoms with Crippen LogP contribution in [-0.2, 0) is 0 Å². The Hall–Kier alpha value is -1.58. The summed E-state index contributed by atoms with van der Waals surface area (Å²) in [6, 6.07) is 3.75. The summed E-state index contributed by atoms with van der Waals surface area (Å²) in [6.45, 7) is 12.9. The molecule has 4 heteroatoms. The van der Waals surface area contributed by atoms with Crippen molar-refractivity contribution in [3.05, 3.63) is 24.0 Å². The molecule has 0 aliphatic rings. The van der Waals surface area contributed by atoms with Crippen LogP contribution in [0.1, 0.15) is 45.1 Å². The molecule has 1 unspecified atom stereocenters. The van der Waals surface area contributed by atoms with Gasteiger partial charge in [0.2, 0.25) is 0 Å². The van der Waals surface area contributed by atoms with Crippen LogP contribution >= 0.6 is 0 Å². The molecule has 1 aromatic rings. The summed E-state index contributed by atoms with van der Waals surface area (Å²) in [4.78, 5) is 18.2. The van der Waals surface area contributed by atoms with E-state index in [9.17, 15) is 4.79 Å². The second-order valence-corrected chi connectivity index (χ2v) is 5.51. The number of carbonyl (C=O) groups is 1. The number of pyridine rings is 1. The van der Waals surface area contributed by atoms with E-state index in [1.807, 2.05) is 26.0 Å². The molecule has 0 fully saturated rings. The molecule has 0 saturated carbocycles. The molecule has 20 heavy (non-hydrogen) atoms. The van der Waals surface area contributed by atoms with Gasteiger partial charge in [-0.25, -0.2) is 0 Å². The first kappa shape index (κ1) is 16.5. The minimum absolute atomic E-state index is 0.00411. The van der Waals surface area contributed by atoms with Gasteiger partial charge >= 0.3 is 0 Å². The van der Waals surface area contributed by atoms with Crippen molar-refractivity contribution in [3.63, 3.8) is 0 Å². The van der Waals surface area contributed by atoms with Gasteiger partial charge in [0.05, 0.1) is 0 Å². The third kappa shape index (κ3) is 4.51. The summed E-state index contributed by atoms with van der Waals surface area (Å²) < 4.78 is 0. The number of rotatable bonds is 7. The molecular formula is C16H27N3O. The predicted octanol–water partition coefficient (Wildman–Crippen LogP) is 3.27. The van der Waals surface area contributed by atoms with Gasteiger partial charge in [-0.15, -0.1) is 0 Å². The van der Waals surface area contributed by atoms with Gasteiger partial charge < -0.3 is 10.2 Å². The molecule has 4 nitrogen and oxygen atoms in total. The van der Waals surface area contributed by atoms with Gasteiger partial charge in [-0.3, -0.25) is 9.78 Å². The molecule has 1 rings (SSSR count). The molecule has 1 heterocycles. The van der Waals surface area contributed by atoms with E-state index < -0.39 is 0 Å². The van der Waals surface area contributed by atoms with Crippen LogP contribution in [0.15, 0.2) is 18.3 Å². The molecule has 0 radical (unpaired) electrons. The zero-order chi connectivity index (χ0) is 15.1. The van der Waals surface area contributed by atoms with Gasteiger partial charge in [0, 0.05) is 31.5 Å². The molecule has 1 amide bonds. The molecule has 0 aromatic carbocycles. The van der Waals surface area contributed by atoms with E-state index in [0.717, 1.165) is 12.2 Å². The third-order valence-electron chi connectivity index (χ3n) is 3.80. The normalized spacial score (nSPS) is 12.3. The average molecular weight is 277 g/mol. The Morgan fingerprint density at radius 1 is 1.30 bits per heavy atom. The van der Waals surface area contributed by atoms with Crippen LogP contribution in [0.4, 0.5) is 5.69 Å². The average Bonchev–Trinajstić information content (AvgIpc) is 2.46. The van der Waals surface area contributed by atoms with Crippen molar-refractivity contribution in [2.75, 3.05) is 25.0 Å². The number of aromatic nitrogens is 1. The predicted molar refractivity (Wildman–Crippen MR) is 84.0 cm³/mol. The van der Waals surface area contributed by atoms with E-state index >= 15 is 0 Å². The van der Waals surface area contributed by atoms with Crippen molar-refractivity contribution < 1.29 is 4.79 Å².